The van der Waals surface area contributed by atoms with E-state index in [1.54, 1.807) is 48.5 Å². The van der Waals surface area contributed by atoms with E-state index in [1.807, 2.05) is 6.07 Å². The van der Waals surface area contributed by atoms with Crippen LogP contribution < -0.4 is 9.47 Å². The molecule has 0 fully saturated rings. The van der Waals surface area contributed by atoms with E-state index in [0.29, 0.717) is 28.2 Å². The minimum absolute atomic E-state index is 0.108. The number of hydrogen-bond donors (Lipinski definition) is 0. The van der Waals surface area contributed by atoms with Gasteiger partial charge < -0.3 is 9.47 Å². The molecule has 0 aliphatic heterocycles. The summed E-state index contributed by atoms with van der Waals surface area (Å²) in [5.74, 6) is -0.644. The summed E-state index contributed by atoms with van der Waals surface area (Å²) >= 11 is 0. The monoisotopic (exact) mass is 372 g/mol. The second kappa shape index (κ2) is 8.60. The van der Waals surface area contributed by atoms with Gasteiger partial charge in [0.1, 0.15) is 11.5 Å². The van der Waals surface area contributed by atoms with Crippen molar-refractivity contribution in [1.82, 2.24) is 0 Å². The molecule has 138 valence electrons. The predicted molar refractivity (Wildman–Crippen MR) is 104 cm³/mol. The Balaban J connectivity index is 1.65. The van der Waals surface area contributed by atoms with E-state index in [2.05, 4.69) is 6.58 Å². The van der Waals surface area contributed by atoms with Crippen molar-refractivity contribution in [2.45, 2.75) is 0 Å². The first-order valence-electron chi connectivity index (χ1n) is 8.43. The van der Waals surface area contributed by atoms with Gasteiger partial charge in [0.25, 0.3) is 0 Å². The van der Waals surface area contributed by atoms with Crippen LogP contribution in [0.4, 0.5) is 0 Å². The maximum atomic E-state index is 12.4. The highest BCUT2D eigenvalue weighted by molar-refractivity contribution is 6.09. The first-order chi connectivity index (χ1) is 13.6. The fraction of sp³-hybridized carbons (Fsp3) is 0. The molecule has 5 heteroatoms. The van der Waals surface area contributed by atoms with Gasteiger partial charge in [0.05, 0.1) is 5.56 Å². The zero-order chi connectivity index (χ0) is 19.9. The molecular weight excluding hydrogens is 356 g/mol. The van der Waals surface area contributed by atoms with Crippen LogP contribution in [0, 0.1) is 0 Å². The van der Waals surface area contributed by atoms with E-state index in [1.165, 1.54) is 24.3 Å². The van der Waals surface area contributed by atoms with E-state index < -0.39 is 11.9 Å². The topological polar surface area (TPSA) is 69.7 Å². The first kappa shape index (κ1) is 18.8. The van der Waals surface area contributed by atoms with Crippen molar-refractivity contribution in [2.75, 3.05) is 0 Å². The standard InChI is InChI=1S/C23H16O5/c1-2-21(24)27-19-14-10-18(11-15-19)23(26)28-20-12-8-17(9-13-20)22(25)16-6-4-3-5-7-16/h2-15H,1H2. The van der Waals surface area contributed by atoms with Crippen molar-refractivity contribution < 1.29 is 23.9 Å². The molecule has 0 N–H and O–H groups in total. The Morgan fingerprint density at radius 2 is 1.14 bits per heavy atom. The van der Waals surface area contributed by atoms with Crippen molar-refractivity contribution in [2.24, 2.45) is 0 Å². The zero-order valence-electron chi connectivity index (χ0n) is 14.8. The molecule has 0 saturated carbocycles. The number of hydrogen-bond acceptors (Lipinski definition) is 5. The van der Waals surface area contributed by atoms with Gasteiger partial charge in [0.15, 0.2) is 5.78 Å². The number of benzene rings is 3. The summed E-state index contributed by atoms with van der Waals surface area (Å²) in [5.41, 5.74) is 1.38. The molecule has 0 bridgehead atoms. The number of ether oxygens (including phenoxy) is 2. The summed E-state index contributed by atoms with van der Waals surface area (Å²) in [4.78, 5) is 35.8. The van der Waals surface area contributed by atoms with Crippen molar-refractivity contribution in [1.29, 1.82) is 0 Å². The Morgan fingerprint density at radius 3 is 1.71 bits per heavy atom. The number of esters is 2. The Bertz CT molecular complexity index is 1000. The number of carbonyl (C=O) groups is 3. The van der Waals surface area contributed by atoms with Crippen LogP contribution in [0.3, 0.4) is 0 Å². The summed E-state index contributed by atoms with van der Waals surface area (Å²) in [6.07, 6.45) is 1.05. The number of carbonyl (C=O) groups excluding carboxylic acids is 3. The van der Waals surface area contributed by atoms with Crippen LogP contribution in [-0.4, -0.2) is 17.7 Å². The maximum Gasteiger partial charge on any atom is 0.343 e. The highest BCUT2D eigenvalue weighted by atomic mass is 16.5. The first-order valence-corrected chi connectivity index (χ1v) is 8.43. The highest BCUT2D eigenvalue weighted by Crippen LogP contribution is 2.18. The summed E-state index contributed by atoms with van der Waals surface area (Å²) in [5, 5.41) is 0. The molecule has 0 saturated heterocycles. The molecular formula is C23H16O5. The summed E-state index contributed by atoms with van der Waals surface area (Å²) in [7, 11) is 0. The molecule has 0 atom stereocenters. The van der Waals surface area contributed by atoms with Crippen LogP contribution in [0.5, 0.6) is 11.5 Å². The van der Waals surface area contributed by atoms with Gasteiger partial charge in [-0.3, -0.25) is 4.79 Å². The fourth-order valence-electron chi connectivity index (χ4n) is 2.41. The van der Waals surface area contributed by atoms with Crippen molar-refractivity contribution in [3.05, 3.63) is 108 Å². The Kier molecular flexibility index (Phi) is 5.77. The Morgan fingerprint density at radius 1 is 0.643 bits per heavy atom. The second-order valence-corrected chi connectivity index (χ2v) is 5.76. The lowest BCUT2D eigenvalue weighted by Gasteiger charge is -2.07. The van der Waals surface area contributed by atoms with Gasteiger partial charge in [0, 0.05) is 17.2 Å². The minimum Gasteiger partial charge on any atom is -0.423 e. The zero-order valence-corrected chi connectivity index (χ0v) is 14.8. The van der Waals surface area contributed by atoms with Gasteiger partial charge >= 0.3 is 11.9 Å². The predicted octanol–water partition coefficient (Wildman–Crippen LogP) is 4.23. The molecule has 0 aliphatic rings. The van der Waals surface area contributed by atoms with Crippen LogP contribution in [0.2, 0.25) is 0 Å². The van der Waals surface area contributed by atoms with Crippen molar-refractivity contribution >= 4 is 17.7 Å². The van der Waals surface area contributed by atoms with E-state index in [0.717, 1.165) is 6.08 Å². The van der Waals surface area contributed by atoms with Gasteiger partial charge in [-0.1, -0.05) is 36.9 Å². The number of rotatable bonds is 6. The molecule has 28 heavy (non-hydrogen) atoms. The van der Waals surface area contributed by atoms with Gasteiger partial charge in [-0.05, 0) is 48.5 Å². The molecule has 0 heterocycles. The SMILES string of the molecule is C=CC(=O)Oc1ccc(C(=O)Oc2ccc(C(=O)c3ccccc3)cc2)cc1. The van der Waals surface area contributed by atoms with Gasteiger partial charge in [-0.2, -0.15) is 0 Å². The van der Waals surface area contributed by atoms with Crippen LogP contribution in [0.15, 0.2) is 91.5 Å². The maximum absolute atomic E-state index is 12.4. The third-order valence-electron chi connectivity index (χ3n) is 3.84. The van der Waals surface area contributed by atoms with Gasteiger partial charge in [-0.25, -0.2) is 9.59 Å². The average Bonchev–Trinajstić information content (AvgIpc) is 2.74. The summed E-state index contributed by atoms with van der Waals surface area (Å²) in [6, 6.07) is 21.2. The average molecular weight is 372 g/mol. The lowest BCUT2D eigenvalue weighted by atomic mass is 10.0. The third kappa shape index (κ3) is 4.59. The smallest absolute Gasteiger partial charge is 0.343 e. The molecule has 3 aromatic rings. The molecule has 0 amide bonds. The highest BCUT2D eigenvalue weighted by Gasteiger charge is 2.12. The molecule has 0 unspecified atom stereocenters. The Labute approximate surface area is 161 Å². The summed E-state index contributed by atoms with van der Waals surface area (Å²) < 4.78 is 10.3. The Hall–Kier alpha value is -3.99. The lowest BCUT2D eigenvalue weighted by Crippen LogP contribution is -2.09. The van der Waals surface area contributed by atoms with Crippen LogP contribution in [0.25, 0.3) is 0 Å². The summed E-state index contributed by atoms with van der Waals surface area (Å²) in [6.45, 7) is 3.31. The van der Waals surface area contributed by atoms with E-state index in [4.69, 9.17) is 9.47 Å². The molecule has 0 aromatic heterocycles. The van der Waals surface area contributed by atoms with Gasteiger partial charge in [0.2, 0.25) is 0 Å². The minimum atomic E-state index is -0.583. The third-order valence-corrected chi connectivity index (χ3v) is 3.84. The van der Waals surface area contributed by atoms with E-state index in [-0.39, 0.29) is 5.78 Å². The number of ketones is 1. The van der Waals surface area contributed by atoms with Crippen molar-refractivity contribution in [3.63, 3.8) is 0 Å². The molecule has 0 spiro atoms. The van der Waals surface area contributed by atoms with Crippen LogP contribution in [0.1, 0.15) is 26.3 Å². The molecule has 5 nitrogen and oxygen atoms in total. The molecule has 3 aromatic carbocycles. The van der Waals surface area contributed by atoms with Crippen LogP contribution >= 0.6 is 0 Å². The normalized spacial score (nSPS) is 10.0. The van der Waals surface area contributed by atoms with Gasteiger partial charge in [-0.15, -0.1) is 0 Å². The lowest BCUT2D eigenvalue weighted by molar-refractivity contribution is -0.128. The molecule has 3 rings (SSSR count). The van der Waals surface area contributed by atoms with E-state index >= 15 is 0 Å². The second-order valence-electron chi connectivity index (χ2n) is 5.76. The molecule has 0 aliphatic carbocycles. The van der Waals surface area contributed by atoms with Crippen molar-refractivity contribution in [3.8, 4) is 11.5 Å². The quantitative estimate of drug-likeness (QED) is 0.280. The van der Waals surface area contributed by atoms with Crippen LogP contribution in [-0.2, 0) is 4.79 Å². The van der Waals surface area contributed by atoms with E-state index in [9.17, 15) is 14.4 Å². The largest absolute Gasteiger partial charge is 0.423 e. The fourth-order valence-corrected chi connectivity index (χ4v) is 2.41. The molecule has 0 radical (unpaired) electrons.